The summed E-state index contributed by atoms with van der Waals surface area (Å²) in [4.78, 5) is 0.776. The first kappa shape index (κ1) is 6.62. The van der Waals surface area contributed by atoms with E-state index in [1.165, 1.54) is 6.07 Å². The monoisotopic (exact) mass is 143 g/mol. The van der Waals surface area contributed by atoms with Gasteiger partial charge in [0.1, 0.15) is 5.82 Å². The predicted octanol–water partition coefficient (Wildman–Crippen LogP) is 1.50. The predicted molar refractivity (Wildman–Crippen MR) is 39.6 cm³/mol. The van der Waals surface area contributed by atoms with E-state index >= 15 is 0 Å². The van der Waals surface area contributed by atoms with Crippen LogP contribution in [-0.2, 0) is 12.6 Å². The van der Waals surface area contributed by atoms with Gasteiger partial charge in [-0.2, -0.15) is 0 Å². The quantitative estimate of drug-likeness (QED) is 0.483. The Hall–Kier alpha value is -0.500. The molecule has 0 unspecified atom stereocenters. The second-order valence-electron chi connectivity index (χ2n) is 1.96. The van der Waals surface area contributed by atoms with Crippen LogP contribution in [0.3, 0.4) is 0 Å². The van der Waals surface area contributed by atoms with Crippen molar-refractivity contribution < 1.29 is 4.39 Å². The minimum absolute atomic E-state index is 0.164. The Balaban J connectivity index is 3.17. The van der Waals surface area contributed by atoms with Gasteiger partial charge in [-0.3, -0.25) is 0 Å². The van der Waals surface area contributed by atoms with Crippen LogP contribution in [-0.4, -0.2) is 0 Å². The average molecular weight is 143 g/mol. The Kier molecular flexibility index (Phi) is 1.76. The summed E-state index contributed by atoms with van der Waals surface area (Å²) in [5.41, 5.74) is 0.678. The van der Waals surface area contributed by atoms with E-state index in [1.54, 1.807) is 13.0 Å². The van der Waals surface area contributed by atoms with Gasteiger partial charge in [-0.25, -0.2) is 4.39 Å². The largest absolute Gasteiger partial charge is 0.207 e. The van der Waals surface area contributed by atoms with Crippen LogP contribution in [0.5, 0.6) is 0 Å². The number of aryl methyl sites for hydroxylation is 1. The lowest BCUT2D eigenvalue weighted by Crippen LogP contribution is -1.80. The molecule has 1 rings (SSSR count). The highest BCUT2D eigenvalue weighted by Crippen LogP contribution is 2.07. The first-order valence-corrected chi connectivity index (χ1v) is 3.18. The highest BCUT2D eigenvalue weighted by molar-refractivity contribution is 7.58. The lowest BCUT2D eigenvalue weighted by molar-refractivity contribution is 0.615. The number of hydrogen-bond donors (Lipinski definition) is 0. The molecule has 0 amide bonds. The average Bonchev–Trinajstić information content (AvgIpc) is 1.80. The van der Waals surface area contributed by atoms with E-state index in [1.807, 2.05) is 6.07 Å². The van der Waals surface area contributed by atoms with E-state index in [4.69, 9.17) is 0 Å². The maximum Gasteiger partial charge on any atom is 0.153 e. The first-order valence-electron chi connectivity index (χ1n) is 2.68. The molecule has 0 saturated heterocycles. The molecule has 0 nitrogen and oxygen atoms in total. The van der Waals surface area contributed by atoms with Crippen molar-refractivity contribution in [2.45, 2.75) is 11.8 Å². The molecule has 48 valence electrons. The van der Waals surface area contributed by atoms with Gasteiger partial charge in [-0.05, 0) is 31.2 Å². The number of hydrogen-bond acceptors (Lipinski definition) is 0. The first-order chi connectivity index (χ1) is 4.20. The second kappa shape index (κ2) is 2.40. The second-order valence-corrected chi connectivity index (χ2v) is 2.54. The Morgan fingerprint density at radius 3 is 2.56 bits per heavy atom. The third-order valence-corrected chi connectivity index (χ3v) is 1.48. The Morgan fingerprint density at radius 2 is 2.11 bits per heavy atom. The molecule has 0 N–H and O–H groups in total. The molecule has 0 radical (unpaired) electrons. The minimum Gasteiger partial charge on any atom is -0.207 e. The van der Waals surface area contributed by atoms with Crippen molar-refractivity contribution in [3.8, 4) is 0 Å². The van der Waals surface area contributed by atoms with Crippen LogP contribution in [0.2, 0.25) is 0 Å². The van der Waals surface area contributed by atoms with Crippen LogP contribution in [0.15, 0.2) is 23.1 Å². The molecule has 0 spiro atoms. The Labute approximate surface area is 59.1 Å². The van der Waals surface area contributed by atoms with E-state index in [-0.39, 0.29) is 5.82 Å². The van der Waals surface area contributed by atoms with Crippen molar-refractivity contribution in [3.05, 3.63) is 29.6 Å². The highest BCUT2D eigenvalue weighted by Gasteiger charge is 1.97. The molecule has 9 heavy (non-hydrogen) atoms. The number of halogens is 1. The topological polar surface area (TPSA) is 0 Å². The van der Waals surface area contributed by atoms with E-state index in [0.29, 0.717) is 5.56 Å². The van der Waals surface area contributed by atoms with Crippen molar-refractivity contribution >= 4 is 12.6 Å². The molecule has 2 heteroatoms. The van der Waals surface area contributed by atoms with Crippen LogP contribution in [0.25, 0.3) is 0 Å². The van der Waals surface area contributed by atoms with Gasteiger partial charge in [-0.1, -0.05) is 6.07 Å². The van der Waals surface area contributed by atoms with Crippen molar-refractivity contribution in [2.75, 3.05) is 0 Å². The Bertz CT molecular complexity index is 220. The van der Waals surface area contributed by atoms with Gasteiger partial charge >= 0.3 is 0 Å². The maximum atomic E-state index is 12.5. The molecule has 0 aliphatic rings. The van der Waals surface area contributed by atoms with E-state index in [0.717, 1.165) is 4.90 Å². The van der Waals surface area contributed by atoms with Crippen LogP contribution >= 0.6 is 0 Å². The van der Waals surface area contributed by atoms with Gasteiger partial charge in [-0.15, -0.1) is 0 Å². The van der Waals surface area contributed by atoms with Gasteiger partial charge in [0.15, 0.2) is 4.90 Å². The van der Waals surface area contributed by atoms with Gasteiger partial charge in [0.25, 0.3) is 0 Å². The smallest absolute Gasteiger partial charge is 0.153 e. The molecule has 1 aromatic rings. The summed E-state index contributed by atoms with van der Waals surface area (Å²) in [5, 5.41) is 0. The Morgan fingerprint density at radius 1 is 1.44 bits per heavy atom. The molecule has 0 fully saturated rings. The molecular weight excluding hydrogens is 135 g/mol. The summed E-state index contributed by atoms with van der Waals surface area (Å²) >= 11 is 3.20. The van der Waals surface area contributed by atoms with Crippen molar-refractivity contribution in [2.24, 2.45) is 0 Å². The summed E-state index contributed by atoms with van der Waals surface area (Å²) in [6, 6.07) is 5.00. The van der Waals surface area contributed by atoms with Gasteiger partial charge in [0.05, 0.1) is 0 Å². The van der Waals surface area contributed by atoms with Crippen molar-refractivity contribution in [3.63, 3.8) is 0 Å². The standard InChI is InChI=1S/C7H7FS/c1-5-2-3-6(9)4-7(5)8/h2-4,9H,1H3/p+1. The molecule has 0 saturated carbocycles. The SMILES string of the molecule is Cc1ccc([SH2+])cc1F. The number of rotatable bonds is 0. The summed E-state index contributed by atoms with van der Waals surface area (Å²) in [6.45, 7) is 1.74. The summed E-state index contributed by atoms with van der Waals surface area (Å²) < 4.78 is 12.5. The van der Waals surface area contributed by atoms with Crippen LogP contribution < -0.4 is 0 Å². The van der Waals surface area contributed by atoms with Gasteiger partial charge in [0.2, 0.25) is 0 Å². The minimum atomic E-state index is -0.164. The molecule has 0 heterocycles. The zero-order valence-corrected chi connectivity index (χ0v) is 6.11. The van der Waals surface area contributed by atoms with E-state index < -0.39 is 0 Å². The molecular formula is C7H8FS+. The molecule has 0 aliphatic heterocycles. The fourth-order valence-electron chi connectivity index (χ4n) is 0.593. The van der Waals surface area contributed by atoms with Gasteiger partial charge < -0.3 is 0 Å². The highest BCUT2D eigenvalue weighted by atomic mass is 32.1. The molecule has 0 bridgehead atoms. The molecule has 0 aromatic heterocycles. The molecule has 0 aliphatic carbocycles. The van der Waals surface area contributed by atoms with Crippen LogP contribution in [0, 0.1) is 12.7 Å². The van der Waals surface area contributed by atoms with Crippen LogP contribution in [0.4, 0.5) is 4.39 Å². The lowest BCUT2D eigenvalue weighted by atomic mass is 10.2. The fraction of sp³-hybridized carbons (Fsp3) is 0.143. The number of benzene rings is 1. The van der Waals surface area contributed by atoms with Crippen molar-refractivity contribution in [1.82, 2.24) is 0 Å². The summed E-state index contributed by atoms with van der Waals surface area (Å²) in [7, 11) is 0. The normalized spacial score (nSPS) is 9.67. The van der Waals surface area contributed by atoms with Gasteiger partial charge in [0, 0.05) is 6.07 Å². The van der Waals surface area contributed by atoms with Crippen molar-refractivity contribution in [1.29, 1.82) is 0 Å². The lowest BCUT2D eigenvalue weighted by Gasteiger charge is -1.90. The third kappa shape index (κ3) is 1.45. The van der Waals surface area contributed by atoms with Crippen LogP contribution in [0.1, 0.15) is 5.56 Å². The fourth-order valence-corrected chi connectivity index (χ4v) is 0.803. The zero-order chi connectivity index (χ0) is 6.85. The van der Waals surface area contributed by atoms with E-state index in [2.05, 4.69) is 12.6 Å². The summed E-state index contributed by atoms with van der Waals surface area (Å²) in [5.74, 6) is -0.164. The third-order valence-electron chi connectivity index (χ3n) is 1.17. The molecule has 0 atom stereocenters. The summed E-state index contributed by atoms with van der Waals surface area (Å²) in [6.07, 6.45) is 0. The van der Waals surface area contributed by atoms with E-state index in [9.17, 15) is 4.39 Å². The zero-order valence-electron chi connectivity index (χ0n) is 5.11. The molecule has 1 aromatic carbocycles. The maximum absolute atomic E-state index is 12.5.